The molecule has 21 heavy (non-hydrogen) atoms. The van der Waals surface area contributed by atoms with E-state index < -0.39 is 0 Å². The van der Waals surface area contributed by atoms with Crippen molar-refractivity contribution in [1.82, 2.24) is 9.97 Å². The maximum atomic E-state index is 4.70. The Bertz CT molecular complexity index is 693. The Morgan fingerprint density at radius 2 is 1.86 bits per heavy atom. The number of hydrogen-bond acceptors (Lipinski definition) is 4. The molecule has 0 saturated carbocycles. The van der Waals surface area contributed by atoms with Gasteiger partial charge in [-0.05, 0) is 19.1 Å². The molecule has 0 aliphatic rings. The number of nitrogens with one attached hydrogen (secondary N) is 1. The Morgan fingerprint density at radius 3 is 2.62 bits per heavy atom. The van der Waals surface area contributed by atoms with Gasteiger partial charge in [0.1, 0.15) is 0 Å². The summed E-state index contributed by atoms with van der Waals surface area (Å²) in [4.78, 5) is 10.3. The number of rotatable bonds is 5. The average Bonchev–Trinajstić information content (AvgIpc) is 2.90. The van der Waals surface area contributed by atoms with E-state index in [1.807, 2.05) is 42.6 Å². The Kier molecular flexibility index (Phi) is 4.26. The van der Waals surface area contributed by atoms with Crippen molar-refractivity contribution in [3.63, 3.8) is 0 Å². The molecule has 0 aliphatic heterocycles. The quantitative estimate of drug-likeness (QED) is 0.767. The van der Waals surface area contributed by atoms with E-state index in [0.29, 0.717) is 0 Å². The van der Waals surface area contributed by atoms with Crippen LogP contribution in [0.2, 0.25) is 0 Å². The fourth-order valence-electron chi connectivity index (χ4n) is 2.18. The van der Waals surface area contributed by atoms with Crippen molar-refractivity contribution in [2.75, 3.05) is 11.9 Å². The summed E-state index contributed by atoms with van der Waals surface area (Å²) < 4.78 is 0. The van der Waals surface area contributed by atoms with E-state index in [0.717, 1.165) is 29.5 Å². The van der Waals surface area contributed by atoms with Crippen LogP contribution in [0.25, 0.3) is 11.3 Å². The first kappa shape index (κ1) is 13.8. The van der Waals surface area contributed by atoms with Gasteiger partial charge in [0.15, 0.2) is 5.13 Å². The minimum atomic E-state index is 0.845. The molecule has 0 aliphatic carbocycles. The van der Waals surface area contributed by atoms with E-state index in [4.69, 9.17) is 4.98 Å². The van der Waals surface area contributed by atoms with Crippen molar-refractivity contribution >= 4 is 16.5 Å². The van der Waals surface area contributed by atoms with Gasteiger partial charge in [-0.25, -0.2) is 4.98 Å². The molecule has 1 N–H and O–H groups in total. The van der Waals surface area contributed by atoms with Gasteiger partial charge in [-0.15, -0.1) is 11.3 Å². The maximum absolute atomic E-state index is 4.70. The third-order valence-electron chi connectivity index (χ3n) is 3.23. The molecule has 0 spiro atoms. The number of hydrogen-bond donors (Lipinski definition) is 1. The zero-order valence-electron chi connectivity index (χ0n) is 11.9. The van der Waals surface area contributed by atoms with Crippen LogP contribution in [0.4, 0.5) is 5.13 Å². The summed E-state index contributed by atoms with van der Waals surface area (Å²) in [5, 5.41) is 4.37. The van der Waals surface area contributed by atoms with Crippen LogP contribution in [-0.2, 0) is 6.42 Å². The molecule has 0 fully saturated rings. The lowest BCUT2D eigenvalue weighted by Gasteiger charge is -2.01. The Morgan fingerprint density at radius 1 is 1.05 bits per heavy atom. The van der Waals surface area contributed by atoms with Crippen molar-refractivity contribution in [2.45, 2.75) is 13.3 Å². The highest BCUT2D eigenvalue weighted by molar-refractivity contribution is 7.16. The fourth-order valence-corrected chi connectivity index (χ4v) is 3.04. The lowest BCUT2D eigenvalue weighted by atomic mass is 10.1. The van der Waals surface area contributed by atoms with Crippen LogP contribution in [0.1, 0.15) is 10.6 Å². The fraction of sp³-hybridized carbons (Fsp3) is 0.176. The van der Waals surface area contributed by atoms with E-state index >= 15 is 0 Å². The van der Waals surface area contributed by atoms with Crippen LogP contribution in [0.15, 0.2) is 54.7 Å². The summed E-state index contributed by atoms with van der Waals surface area (Å²) in [5.74, 6) is 0. The molecule has 3 aromatic rings. The molecule has 0 unspecified atom stereocenters. The molecule has 4 heteroatoms. The Hall–Kier alpha value is -2.20. The van der Waals surface area contributed by atoms with Gasteiger partial charge in [0.2, 0.25) is 0 Å². The van der Waals surface area contributed by atoms with E-state index in [9.17, 15) is 0 Å². The molecule has 0 amide bonds. The zero-order valence-corrected chi connectivity index (χ0v) is 12.7. The lowest BCUT2D eigenvalue weighted by molar-refractivity contribution is 0.959. The first-order valence-corrected chi connectivity index (χ1v) is 7.81. The predicted molar refractivity (Wildman–Crippen MR) is 88.7 cm³/mol. The van der Waals surface area contributed by atoms with E-state index in [1.54, 1.807) is 11.3 Å². The number of anilines is 1. The highest BCUT2D eigenvalue weighted by atomic mass is 32.1. The molecule has 0 radical (unpaired) electrons. The number of pyridine rings is 1. The second kappa shape index (κ2) is 6.50. The van der Waals surface area contributed by atoms with Gasteiger partial charge in [0.05, 0.1) is 5.69 Å². The highest BCUT2D eigenvalue weighted by Crippen LogP contribution is 2.29. The van der Waals surface area contributed by atoms with Crippen LogP contribution in [0.5, 0.6) is 0 Å². The Balaban J connectivity index is 1.65. The maximum Gasteiger partial charge on any atom is 0.183 e. The van der Waals surface area contributed by atoms with Crippen LogP contribution in [0, 0.1) is 6.92 Å². The average molecular weight is 295 g/mol. The third kappa shape index (κ3) is 3.47. The summed E-state index contributed by atoms with van der Waals surface area (Å²) in [6.07, 6.45) is 2.73. The molecular formula is C17H17N3S. The number of benzene rings is 1. The van der Waals surface area contributed by atoms with Gasteiger partial charge in [-0.2, -0.15) is 0 Å². The number of aromatic nitrogens is 2. The number of aryl methyl sites for hydroxylation is 1. The summed E-state index contributed by atoms with van der Waals surface area (Å²) in [6.45, 7) is 2.96. The van der Waals surface area contributed by atoms with Crippen LogP contribution >= 0.6 is 11.3 Å². The van der Waals surface area contributed by atoms with Gasteiger partial charge in [-0.1, -0.05) is 36.4 Å². The molecule has 2 aromatic heterocycles. The number of thiazole rings is 1. The van der Waals surface area contributed by atoms with Gasteiger partial charge >= 0.3 is 0 Å². The van der Waals surface area contributed by atoms with Gasteiger partial charge in [0.25, 0.3) is 0 Å². The van der Waals surface area contributed by atoms with Crippen LogP contribution in [0.3, 0.4) is 0 Å². The van der Waals surface area contributed by atoms with Crippen LogP contribution < -0.4 is 5.32 Å². The van der Waals surface area contributed by atoms with Crippen molar-refractivity contribution < 1.29 is 0 Å². The first-order chi connectivity index (χ1) is 10.3. The summed E-state index contributed by atoms with van der Waals surface area (Å²) in [7, 11) is 0. The minimum Gasteiger partial charge on any atom is -0.361 e. The summed E-state index contributed by atoms with van der Waals surface area (Å²) >= 11 is 1.70. The smallest absolute Gasteiger partial charge is 0.183 e. The lowest BCUT2D eigenvalue weighted by Crippen LogP contribution is -2.05. The third-order valence-corrected chi connectivity index (χ3v) is 4.16. The van der Waals surface area contributed by atoms with Crippen molar-refractivity contribution in [1.29, 1.82) is 0 Å². The summed E-state index contributed by atoms with van der Waals surface area (Å²) in [5.41, 5.74) is 3.34. The molecular weight excluding hydrogens is 278 g/mol. The van der Waals surface area contributed by atoms with E-state index in [2.05, 4.69) is 29.4 Å². The number of nitrogens with zero attached hydrogens (tertiary/aromatic N) is 2. The molecule has 0 atom stereocenters. The minimum absolute atomic E-state index is 0.845. The second-order valence-corrected chi connectivity index (χ2v) is 5.99. The molecule has 3 nitrogen and oxygen atoms in total. The molecule has 3 rings (SSSR count). The SMILES string of the molecule is Cc1sc(NCCc2ccccn2)nc1-c1ccccc1. The van der Waals surface area contributed by atoms with Gasteiger partial charge < -0.3 is 5.32 Å². The van der Waals surface area contributed by atoms with Gasteiger partial charge in [-0.3, -0.25) is 4.98 Å². The first-order valence-electron chi connectivity index (χ1n) is 6.99. The van der Waals surface area contributed by atoms with Crippen molar-refractivity contribution in [3.05, 3.63) is 65.3 Å². The van der Waals surface area contributed by atoms with E-state index in [1.165, 1.54) is 10.4 Å². The zero-order chi connectivity index (χ0) is 14.5. The standard InChI is InChI=1S/C17H17N3S/c1-13-16(14-7-3-2-4-8-14)20-17(21-13)19-12-10-15-9-5-6-11-18-15/h2-9,11H,10,12H2,1H3,(H,19,20). The normalized spacial score (nSPS) is 10.5. The van der Waals surface area contributed by atoms with Crippen molar-refractivity contribution in [2.24, 2.45) is 0 Å². The largest absolute Gasteiger partial charge is 0.361 e. The monoisotopic (exact) mass is 295 g/mol. The molecule has 0 bridgehead atoms. The summed E-state index contributed by atoms with van der Waals surface area (Å²) in [6, 6.07) is 16.3. The van der Waals surface area contributed by atoms with Crippen molar-refractivity contribution in [3.8, 4) is 11.3 Å². The highest BCUT2D eigenvalue weighted by Gasteiger charge is 2.09. The molecule has 0 saturated heterocycles. The molecule has 2 heterocycles. The topological polar surface area (TPSA) is 37.8 Å². The molecule has 106 valence electrons. The van der Waals surface area contributed by atoms with E-state index in [-0.39, 0.29) is 0 Å². The van der Waals surface area contributed by atoms with Crippen LogP contribution in [-0.4, -0.2) is 16.5 Å². The molecule has 1 aromatic carbocycles. The van der Waals surface area contributed by atoms with Gasteiger partial charge in [0, 0.05) is 35.3 Å². The predicted octanol–water partition coefficient (Wildman–Crippen LogP) is 4.17. The Labute approximate surface area is 128 Å². The second-order valence-electron chi connectivity index (χ2n) is 4.79.